The fourth-order valence-electron chi connectivity index (χ4n) is 1.40. The van der Waals surface area contributed by atoms with Crippen LogP contribution >= 0.6 is 0 Å². The molecule has 0 aliphatic rings. The molecule has 88 valence electrons. The number of carboxylic acid groups (broad SMARTS) is 1. The fraction of sp³-hybridized carbons (Fsp3) is 0.455. The second-order valence-corrected chi connectivity index (χ2v) is 3.67. The summed E-state index contributed by atoms with van der Waals surface area (Å²) in [6, 6.07) is 3.67. The van der Waals surface area contributed by atoms with Gasteiger partial charge in [0, 0.05) is 38.1 Å². The Morgan fingerprint density at radius 2 is 2.12 bits per heavy atom. The van der Waals surface area contributed by atoms with E-state index >= 15 is 0 Å². The van der Waals surface area contributed by atoms with Crippen LogP contribution in [0, 0.1) is 0 Å². The zero-order valence-corrected chi connectivity index (χ0v) is 9.21. The number of carboxylic acids is 1. The van der Waals surface area contributed by atoms with Gasteiger partial charge in [-0.1, -0.05) is 0 Å². The molecule has 0 spiro atoms. The molecule has 5 heteroatoms. The summed E-state index contributed by atoms with van der Waals surface area (Å²) in [5.41, 5.74) is 0.948. The number of aliphatic carboxylic acids is 1. The average molecular weight is 224 g/mol. The van der Waals surface area contributed by atoms with Gasteiger partial charge in [-0.2, -0.15) is 0 Å². The Morgan fingerprint density at radius 1 is 1.50 bits per heavy atom. The number of aliphatic hydroxyl groups is 1. The lowest BCUT2D eigenvalue weighted by Crippen LogP contribution is -2.29. The van der Waals surface area contributed by atoms with Crippen molar-refractivity contribution in [2.75, 3.05) is 18.5 Å². The van der Waals surface area contributed by atoms with Crippen LogP contribution in [0.4, 0.5) is 5.69 Å². The molecular weight excluding hydrogens is 208 g/mol. The van der Waals surface area contributed by atoms with Crippen LogP contribution in [0.2, 0.25) is 0 Å². The molecule has 0 aliphatic carbocycles. The van der Waals surface area contributed by atoms with Crippen molar-refractivity contribution in [1.29, 1.82) is 0 Å². The van der Waals surface area contributed by atoms with E-state index in [1.54, 1.807) is 12.4 Å². The van der Waals surface area contributed by atoms with Crippen LogP contribution in [0.25, 0.3) is 0 Å². The third kappa shape index (κ3) is 4.27. The molecule has 16 heavy (non-hydrogen) atoms. The zero-order chi connectivity index (χ0) is 12.0. The van der Waals surface area contributed by atoms with Crippen molar-refractivity contribution in [3.8, 4) is 0 Å². The molecule has 1 heterocycles. The standard InChI is InChI=1S/C11H16N2O3/c1-13(9-4-6-12-7-5-9)8-10(14)2-3-11(15)16/h4-7,10,14H,2-3,8H2,1H3,(H,15,16). The summed E-state index contributed by atoms with van der Waals surface area (Å²) in [5, 5.41) is 18.1. The summed E-state index contributed by atoms with van der Waals surface area (Å²) in [6.07, 6.45) is 2.98. The van der Waals surface area contributed by atoms with Gasteiger partial charge in [-0.3, -0.25) is 9.78 Å². The van der Waals surface area contributed by atoms with E-state index in [2.05, 4.69) is 4.98 Å². The van der Waals surface area contributed by atoms with Crippen molar-refractivity contribution >= 4 is 11.7 Å². The van der Waals surface area contributed by atoms with Gasteiger partial charge < -0.3 is 15.1 Å². The van der Waals surface area contributed by atoms with E-state index in [0.29, 0.717) is 6.54 Å². The van der Waals surface area contributed by atoms with E-state index in [0.717, 1.165) is 5.69 Å². The number of likely N-dealkylation sites (N-methyl/N-ethyl adjacent to an activating group) is 1. The van der Waals surface area contributed by atoms with Crippen molar-refractivity contribution in [1.82, 2.24) is 4.98 Å². The molecule has 1 atom stereocenters. The first kappa shape index (κ1) is 12.4. The largest absolute Gasteiger partial charge is 0.481 e. The van der Waals surface area contributed by atoms with Gasteiger partial charge in [-0.25, -0.2) is 0 Å². The highest BCUT2D eigenvalue weighted by molar-refractivity contribution is 5.66. The van der Waals surface area contributed by atoms with Crippen LogP contribution in [0.5, 0.6) is 0 Å². The summed E-state index contributed by atoms with van der Waals surface area (Å²) in [6.45, 7) is 0.414. The first-order chi connectivity index (χ1) is 7.59. The van der Waals surface area contributed by atoms with Crippen molar-refractivity contribution in [3.63, 3.8) is 0 Å². The van der Waals surface area contributed by atoms with Gasteiger partial charge in [-0.05, 0) is 18.6 Å². The van der Waals surface area contributed by atoms with Crippen LogP contribution in [0.1, 0.15) is 12.8 Å². The lowest BCUT2D eigenvalue weighted by Gasteiger charge is -2.22. The first-order valence-electron chi connectivity index (χ1n) is 5.10. The van der Waals surface area contributed by atoms with Crippen LogP contribution in [0.15, 0.2) is 24.5 Å². The number of hydrogen-bond acceptors (Lipinski definition) is 4. The average Bonchev–Trinajstić information content (AvgIpc) is 2.27. The normalized spacial score (nSPS) is 12.1. The highest BCUT2D eigenvalue weighted by atomic mass is 16.4. The Bertz CT molecular complexity index is 329. The molecule has 0 saturated heterocycles. The molecule has 1 unspecified atom stereocenters. The van der Waals surface area contributed by atoms with E-state index in [1.807, 2.05) is 24.1 Å². The number of nitrogens with zero attached hydrogens (tertiary/aromatic N) is 2. The monoisotopic (exact) mass is 224 g/mol. The van der Waals surface area contributed by atoms with Gasteiger partial charge in [0.15, 0.2) is 0 Å². The van der Waals surface area contributed by atoms with Crippen LogP contribution in [-0.2, 0) is 4.79 Å². The van der Waals surface area contributed by atoms with Crippen molar-refractivity contribution in [2.45, 2.75) is 18.9 Å². The minimum Gasteiger partial charge on any atom is -0.481 e. The summed E-state index contributed by atoms with van der Waals surface area (Å²) in [7, 11) is 1.85. The number of carbonyl (C=O) groups is 1. The Labute approximate surface area is 94.4 Å². The fourth-order valence-corrected chi connectivity index (χ4v) is 1.40. The summed E-state index contributed by atoms with van der Waals surface area (Å²) in [4.78, 5) is 16.1. The molecule has 0 radical (unpaired) electrons. The quantitative estimate of drug-likeness (QED) is 0.745. The van der Waals surface area contributed by atoms with Gasteiger partial charge >= 0.3 is 5.97 Å². The molecule has 5 nitrogen and oxygen atoms in total. The first-order valence-corrected chi connectivity index (χ1v) is 5.10. The molecule has 0 amide bonds. The molecule has 1 aromatic rings. The van der Waals surface area contributed by atoms with E-state index in [9.17, 15) is 9.90 Å². The minimum absolute atomic E-state index is 0.00858. The lowest BCUT2D eigenvalue weighted by atomic mass is 10.2. The predicted molar refractivity (Wildman–Crippen MR) is 60.4 cm³/mol. The molecule has 0 aliphatic heterocycles. The summed E-state index contributed by atoms with van der Waals surface area (Å²) < 4.78 is 0. The second-order valence-electron chi connectivity index (χ2n) is 3.67. The number of aliphatic hydroxyl groups excluding tert-OH is 1. The lowest BCUT2D eigenvalue weighted by molar-refractivity contribution is -0.137. The number of pyridine rings is 1. The minimum atomic E-state index is -0.884. The third-order valence-electron chi connectivity index (χ3n) is 2.28. The van der Waals surface area contributed by atoms with E-state index in [-0.39, 0.29) is 12.8 Å². The van der Waals surface area contributed by atoms with E-state index in [1.165, 1.54) is 0 Å². The number of aromatic nitrogens is 1. The molecule has 2 N–H and O–H groups in total. The van der Waals surface area contributed by atoms with Crippen molar-refractivity contribution < 1.29 is 15.0 Å². The molecule has 0 bridgehead atoms. The molecule has 1 aromatic heterocycles. The molecule has 0 saturated carbocycles. The van der Waals surface area contributed by atoms with Gasteiger partial charge in [-0.15, -0.1) is 0 Å². The highest BCUT2D eigenvalue weighted by Crippen LogP contribution is 2.11. The Hall–Kier alpha value is -1.62. The zero-order valence-electron chi connectivity index (χ0n) is 9.21. The maximum absolute atomic E-state index is 10.3. The predicted octanol–water partition coefficient (Wildman–Crippen LogP) is 0.743. The molecule has 0 aromatic carbocycles. The van der Waals surface area contributed by atoms with Crippen LogP contribution in [0.3, 0.4) is 0 Å². The van der Waals surface area contributed by atoms with Gasteiger partial charge in [0.2, 0.25) is 0 Å². The molecule has 1 rings (SSSR count). The second kappa shape index (κ2) is 6.07. The summed E-state index contributed by atoms with van der Waals surface area (Å²) in [5.74, 6) is -0.884. The highest BCUT2D eigenvalue weighted by Gasteiger charge is 2.10. The Balaban J connectivity index is 2.39. The Morgan fingerprint density at radius 3 is 2.69 bits per heavy atom. The molecule has 0 fully saturated rings. The molecular formula is C11H16N2O3. The van der Waals surface area contributed by atoms with Gasteiger partial charge in [0.25, 0.3) is 0 Å². The third-order valence-corrected chi connectivity index (χ3v) is 2.28. The summed E-state index contributed by atoms with van der Waals surface area (Å²) >= 11 is 0. The maximum atomic E-state index is 10.3. The smallest absolute Gasteiger partial charge is 0.303 e. The Kier molecular flexibility index (Phi) is 4.72. The number of rotatable bonds is 6. The van der Waals surface area contributed by atoms with Gasteiger partial charge in [0.1, 0.15) is 0 Å². The van der Waals surface area contributed by atoms with E-state index < -0.39 is 12.1 Å². The van der Waals surface area contributed by atoms with Crippen LogP contribution in [-0.4, -0.2) is 40.9 Å². The van der Waals surface area contributed by atoms with Gasteiger partial charge in [0.05, 0.1) is 6.10 Å². The van der Waals surface area contributed by atoms with E-state index in [4.69, 9.17) is 5.11 Å². The van der Waals surface area contributed by atoms with Crippen molar-refractivity contribution in [3.05, 3.63) is 24.5 Å². The topological polar surface area (TPSA) is 73.7 Å². The van der Waals surface area contributed by atoms with Crippen molar-refractivity contribution in [2.24, 2.45) is 0 Å². The maximum Gasteiger partial charge on any atom is 0.303 e. The SMILES string of the molecule is CN(CC(O)CCC(=O)O)c1ccncc1. The number of anilines is 1. The number of hydrogen-bond donors (Lipinski definition) is 2. The van der Waals surface area contributed by atoms with Crippen LogP contribution < -0.4 is 4.90 Å².